The number of rotatable bonds is 1. The minimum absolute atomic E-state index is 0.679. The maximum absolute atomic E-state index is 8.78. The average Bonchev–Trinajstić information content (AvgIpc) is 2.47. The smallest absolute Gasteiger partial charge is 0.142 e. The van der Waals surface area contributed by atoms with Gasteiger partial charge in [-0.3, -0.25) is 0 Å². The van der Waals surface area contributed by atoms with Gasteiger partial charge in [-0.25, -0.2) is 0 Å². The van der Waals surface area contributed by atoms with E-state index in [1.807, 2.05) is 36.4 Å². The van der Waals surface area contributed by atoms with Crippen molar-refractivity contribution in [2.24, 2.45) is 0 Å². The molecule has 3 heteroatoms. The Morgan fingerprint density at radius 1 is 1.06 bits per heavy atom. The normalized spacial score (nSPS) is 12.8. The van der Waals surface area contributed by atoms with Gasteiger partial charge in [-0.05, 0) is 35.4 Å². The number of hydrogen-bond acceptors (Lipinski definition) is 3. The minimum atomic E-state index is 0.679. The van der Waals surface area contributed by atoms with Gasteiger partial charge in [0.2, 0.25) is 0 Å². The van der Waals surface area contributed by atoms with E-state index in [0.29, 0.717) is 12.2 Å². The summed E-state index contributed by atoms with van der Waals surface area (Å²) in [5.41, 5.74) is 3.93. The van der Waals surface area contributed by atoms with Crippen LogP contribution in [0.4, 0.5) is 5.69 Å². The molecule has 0 spiro atoms. The molecule has 18 heavy (non-hydrogen) atoms. The van der Waals surface area contributed by atoms with Crippen LogP contribution in [0, 0.1) is 11.3 Å². The number of benzene rings is 2. The molecule has 3 nitrogen and oxygen atoms in total. The van der Waals surface area contributed by atoms with Crippen molar-refractivity contribution in [3.63, 3.8) is 0 Å². The number of nitrogens with zero attached hydrogens (tertiary/aromatic N) is 1. The van der Waals surface area contributed by atoms with Gasteiger partial charge in [-0.15, -0.1) is 0 Å². The number of hydrogen-bond donors (Lipinski definition) is 1. The summed E-state index contributed by atoms with van der Waals surface area (Å²) < 4.78 is 5.55. The van der Waals surface area contributed by atoms with Crippen LogP contribution in [0.2, 0.25) is 0 Å². The summed E-state index contributed by atoms with van der Waals surface area (Å²) in [7, 11) is 0. The lowest BCUT2D eigenvalue weighted by Crippen LogP contribution is -2.17. The summed E-state index contributed by atoms with van der Waals surface area (Å²) >= 11 is 0. The van der Waals surface area contributed by atoms with Crippen LogP contribution in [-0.2, 0) is 0 Å². The third kappa shape index (κ3) is 1.89. The molecule has 3 rings (SSSR count). The second kappa shape index (κ2) is 4.42. The third-order valence-electron chi connectivity index (χ3n) is 3.00. The SMILES string of the molecule is N#Cc1ccc(-c2ccc3c(c2)NCCO3)cc1. The van der Waals surface area contributed by atoms with E-state index < -0.39 is 0 Å². The zero-order valence-corrected chi connectivity index (χ0v) is 9.81. The van der Waals surface area contributed by atoms with Crippen LogP contribution in [0.1, 0.15) is 5.56 Å². The second-order valence-electron chi connectivity index (χ2n) is 4.18. The first kappa shape index (κ1) is 10.7. The summed E-state index contributed by atoms with van der Waals surface area (Å²) in [5.74, 6) is 0.902. The third-order valence-corrected chi connectivity index (χ3v) is 3.00. The Labute approximate surface area is 106 Å². The molecular weight excluding hydrogens is 224 g/mol. The predicted octanol–water partition coefficient (Wildman–Crippen LogP) is 3.03. The standard InChI is InChI=1S/C15H12N2O/c16-10-11-1-3-12(4-2-11)13-5-6-15-14(9-13)17-7-8-18-15/h1-6,9,17H,7-8H2. The van der Waals surface area contributed by atoms with Gasteiger partial charge < -0.3 is 10.1 Å². The van der Waals surface area contributed by atoms with Gasteiger partial charge in [0.1, 0.15) is 12.4 Å². The van der Waals surface area contributed by atoms with Crippen molar-refractivity contribution in [3.8, 4) is 22.9 Å². The number of anilines is 1. The zero-order valence-electron chi connectivity index (χ0n) is 9.81. The first-order valence-electron chi connectivity index (χ1n) is 5.88. The quantitative estimate of drug-likeness (QED) is 0.827. The van der Waals surface area contributed by atoms with Gasteiger partial charge in [0.15, 0.2) is 0 Å². The maximum atomic E-state index is 8.78. The largest absolute Gasteiger partial charge is 0.490 e. The van der Waals surface area contributed by atoms with Gasteiger partial charge in [0.05, 0.1) is 17.3 Å². The Bertz CT molecular complexity index is 611. The molecule has 0 aliphatic carbocycles. The van der Waals surface area contributed by atoms with E-state index in [0.717, 1.165) is 29.1 Å². The van der Waals surface area contributed by atoms with Crippen molar-refractivity contribution >= 4 is 5.69 Å². The maximum Gasteiger partial charge on any atom is 0.142 e. The highest BCUT2D eigenvalue weighted by Gasteiger charge is 2.10. The van der Waals surface area contributed by atoms with E-state index in [-0.39, 0.29) is 0 Å². The van der Waals surface area contributed by atoms with Crippen LogP contribution in [0.5, 0.6) is 5.75 Å². The minimum Gasteiger partial charge on any atom is -0.490 e. The molecule has 2 aromatic rings. The molecule has 1 N–H and O–H groups in total. The Hall–Kier alpha value is -2.47. The van der Waals surface area contributed by atoms with Crippen LogP contribution in [0.3, 0.4) is 0 Å². The van der Waals surface area contributed by atoms with Gasteiger partial charge in [0, 0.05) is 6.54 Å². The molecule has 0 bridgehead atoms. The number of nitrogens with one attached hydrogen (secondary N) is 1. The Morgan fingerprint density at radius 3 is 2.61 bits per heavy atom. The fraction of sp³-hybridized carbons (Fsp3) is 0.133. The Morgan fingerprint density at radius 2 is 1.83 bits per heavy atom. The highest BCUT2D eigenvalue weighted by molar-refractivity contribution is 5.72. The van der Waals surface area contributed by atoms with Gasteiger partial charge in [0.25, 0.3) is 0 Å². The number of ether oxygens (including phenoxy) is 1. The molecule has 1 heterocycles. The predicted molar refractivity (Wildman–Crippen MR) is 70.6 cm³/mol. The lowest BCUT2D eigenvalue weighted by atomic mass is 10.0. The van der Waals surface area contributed by atoms with Crippen LogP contribution in [-0.4, -0.2) is 13.2 Å². The van der Waals surface area contributed by atoms with E-state index >= 15 is 0 Å². The monoisotopic (exact) mass is 236 g/mol. The van der Waals surface area contributed by atoms with E-state index in [1.54, 1.807) is 0 Å². The molecule has 0 saturated carbocycles. The van der Waals surface area contributed by atoms with Crippen LogP contribution >= 0.6 is 0 Å². The van der Waals surface area contributed by atoms with Crippen molar-refractivity contribution in [1.29, 1.82) is 5.26 Å². The molecule has 0 aromatic heterocycles. The zero-order chi connectivity index (χ0) is 12.4. The molecule has 0 radical (unpaired) electrons. The molecule has 0 saturated heterocycles. The molecule has 0 atom stereocenters. The molecule has 1 aliphatic rings. The molecule has 0 amide bonds. The first-order valence-corrected chi connectivity index (χ1v) is 5.88. The Kier molecular flexibility index (Phi) is 2.62. The number of nitriles is 1. The van der Waals surface area contributed by atoms with Gasteiger partial charge in [-0.2, -0.15) is 5.26 Å². The topological polar surface area (TPSA) is 45.0 Å². The first-order chi connectivity index (χ1) is 8.86. The van der Waals surface area contributed by atoms with Gasteiger partial charge >= 0.3 is 0 Å². The highest BCUT2D eigenvalue weighted by Crippen LogP contribution is 2.32. The van der Waals surface area contributed by atoms with Crippen molar-refractivity contribution in [2.75, 3.05) is 18.5 Å². The molecule has 0 fully saturated rings. The molecule has 0 unspecified atom stereocenters. The van der Waals surface area contributed by atoms with Gasteiger partial charge in [-0.1, -0.05) is 18.2 Å². The van der Waals surface area contributed by atoms with Crippen molar-refractivity contribution in [2.45, 2.75) is 0 Å². The summed E-state index contributed by atoms with van der Waals surface area (Å²) in [6.07, 6.45) is 0. The van der Waals surface area contributed by atoms with E-state index in [2.05, 4.69) is 17.5 Å². The van der Waals surface area contributed by atoms with Crippen molar-refractivity contribution in [1.82, 2.24) is 0 Å². The molecule has 1 aliphatic heterocycles. The van der Waals surface area contributed by atoms with E-state index in [1.165, 1.54) is 0 Å². The van der Waals surface area contributed by atoms with Crippen molar-refractivity contribution < 1.29 is 4.74 Å². The van der Waals surface area contributed by atoms with Crippen LogP contribution < -0.4 is 10.1 Å². The lowest BCUT2D eigenvalue weighted by molar-refractivity contribution is 0.323. The van der Waals surface area contributed by atoms with Crippen molar-refractivity contribution in [3.05, 3.63) is 48.0 Å². The summed E-state index contributed by atoms with van der Waals surface area (Å²) in [6.45, 7) is 1.55. The fourth-order valence-electron chi connectivity index (χ4n) is 2.06. The average molecular weight is 236 g/mol. The summed E-state index contributed by atoms with van der Waals surface area (Å²) in [6, 6.07) is 15.8. The van der Waals surface area contributed by atoms with Crippen LogP contribution in [0.15, 0.2) is 42.5 Å². The number of fused-ring (bicyclic) bond motifs is 1. The highest BCUT2D eigenvalue weighted by atomic mass is 16.5. The molecule has 88 valence electrons. The summed E-state index contributed by atoms with van der Waals surface area (Å²) in [4.78, 5) is 0. The Balaban J connectivity index is 1.98. The second-order valence-corrected chi connectivity index (χ2v) is 4.18. The molecular formula is C15H12N2O. The fourth-order valence-corrected chi connectivity index (χ4v) is 2.06. The van der Waals surface area contributed by atoms with E-state index in [9.17, 15) is 0 Å². The summed E-state index contributed by atoms with van der Waals surface area (Å²) in [5, 5.41) is 12.1. The van der Waals surface area contributed by atoms with E-state index in [4.69, 9.17) is 10.00 Å². The molecule has 2 aromatic carbocycles. The van der Waals surface area contributed by atoms with Crippen LogP contribution in [0.25, 0.3) is 11.1 Å². The lowest BCUT2D eigenvalue weighted by Gasteiger charge is -2.19.